The molecular weight excluding hydrogens is 245 g/mol. The van der Waals surface area contributed by atoms with Gasteiger partial charge in [0.15, 0.2) is 0 Å². The van der Waals surface area contributed by atoms with E-state index in [1.165, 1.54) is 12.1 Å². The third-order valence-corrected chi connectivity index (χ3v) is 3.05. The zero-order valence-electron chi connectivity index (χ0n) is 11.0. The van der Waals surface area contributed by atoms with Crippen molar-refractivity contribution in [2.24, 2.45) is 0 Å². The lowest BCUT2D eigenvalue weighted by atomic mass is 10.3. The third kappa shape index (κ3) is 3.40. The van der Waals surface area contributed by atoms with Crippen LogP contribution in [0.25, 0.3) is 0 Å². The highest BCUT2D eigenvalue weighted by Gasteiger charge is 2.06. The van der Waals surface area contributed by atoms with Crippen molar-refractivity contribution in [3.8, 4) is 0 Å². The molecule has 2 aromatic rings. The number of hydrogen-bond acceptors (Lipinski definition) is 2. The summed E-state index contributed by atoms with van der Waals surface area (Å²) in [5.74, 6) is -0.417. The van der Waals surface area contributed by atoms with Crippen LogP contribution in [0.1, 0.15) is 17.8 Å². The maximum absolute atomic E-state index is 12.7. The second-order valence-electron chi connectivity index (χ2n) is 4.41. The van der Waals surface area contributed by atoms with Crippen molar-refractivity contribution in [1.29, 1.82) is 0 Å². The third-order valence-electron chi connectivity index (χ3n) is 3.05. The maximum atomic E-state index is 12.7. The molecule has 0 aliphatic carbocycles. The number of carbonyl (C=O) groups is 1. The molecular formula is C14H16FN3O. The van der Waals surface area contributed by atoms with Gasteiger partial charge in [0.1, 0.15) is 5.82 Å². The van der Waals surface area contributed by atoms with E-state index in [2.05, 4.69) is 10.3 Å². The van der Waals surface area contributed by atoms with Gasteiger partial charge < -0.3 is 9.88 Å². The summed E-state index contributed by atoms with van der Waals surface area (Å²) in [5.41, 5.74) is 2.64. The Kier molecular flexibility index (Phi) is 3.94. The molecule has 0 fully saturated rings. The Morgan fingerprint density at radius 2 is 2.00 bits per heavy atom. The Bertz CT molecular complexity index is 575. The van der Waals surface area contributed by atoms with Crippen LogP contribution >= 0.6 is 0 Å². The van der Waals surface area contributed by atoms with Gasteiger partial charge in [0.25, 0.3) is 0 Å². The maximum Gasteiger partial charge on any atom is 0.226 e. The second-order valence-corrected chi connectivity index (χ2v) is 4.41. The molecule has 1 N–H and O–H groups in total. The number of imidazole rings is 1. The quantitative estimate of drug-likeness (QED) is 0.919. The van der Waals surface area contributed by atoms with Crippen molar-refractivity contribution >= 4 is 11.6 Å². The fourth-order valence-electron chi connectivity index (χ4n) is 1.75. The van der Waals surface area contributed by atoms with Gasteiger partial charge in [-0.1, -0.05) is 0 Å². The van der Waals surface area contributed by atoms with Gasteiger partial charge in [0.05, 0.1) is 12.0 Å². The number of amides is 1. The smallest absolute Gasteiger partial charge is 0.226 e. The average Bonchev–Trinajstić information content (AvgIpc) is 2.70. The van der Waals surface area contributed by atoms with Crippen LogP contribution < -0.4 is 5.32 Å². The Hall–Kier alpha value is -2.17. The van der Waals surface area contributed by atoms with Gasteiger partial charge in [-0.2, -0.15) is 0 Å². The van der Waals surface area contributed by atoms with E-state index in [1.54, 1.807) is 18.5 Å². The van der Waals surface area contributed by atoms with Gasteiger partial charge in [-0.25, -0.2) is 9.37 Å². The summed E-state index contributed by atoms with van der Waals surface area (Å²) in [4.78, 5) is 15.9. The molecule has 1 aromatic carbocycles. The van der Waals surface area contributed by atoms with Crippen molar-refractivity contribution in [2.75, 3.05) is 5.32 Å². The van der Waals surface area contributed by atoms with Gasteiger partial charge in [-0.05, 0) is 38.1 Å². The summed E-state index contributed by atoms with van der Waals surface area (Å²) >= 11 is 0. The first-order chi connectivity index (χ1) is 9.06. The number of halogens is 1. The Morgan fingerprint density at radius 3 is 2.58 bits per heavy atom. The standard InChI is InChI=1S/C14H16FN3O/c1-10-11(2)18(9-16-10)8-7-14(19)17-13-5-3-12(15)4-6-13/h3-6,9H,7-8H2,1-2H3,(H,17,19). The predicted molar refractivity (Wildman–Crippen MR) is 71.3 cm³/mol. The first-order valence-corrected chi connectivity index (χ1v) is 6.10. The minimum atomic E-state index is -0.317. The van der Waals surface area contributed by atoms with Crippen molar-refractivity contribution in [2.45, 2.75) is 26.8 Å². The van der Waals surface area contributed by atoms with Crippen LogP contribution in [0.15, 0.2) is 30.6 Å². The molecule has 0 spiro atoms. The molecule has 0 aliphatic rings. The molecule has 0 aliphatic heterocycles. The van der Waals surface area contributed by atoms with Gasteiger partial charge in [0.2, 0.25) is 5.91 Å². The monoisotopic (exact) mass is 261 g/mol. The molecule has 5 heteroatoms. The average molecular weight is 261 g/mol. The molecule has 1 heterocycles. The summed E-state index contributed by atoms with van der Waals surface area (Å²) in [6.45, 7) is 4.49. The molecule has 19 heavy (non-hydrogen) atoms. The number of nitrogens with one attached hydrogen (secondary N) is 1. The van der Waals surface area contributed by atoms with Crippen LogP contribution in [0, 0.1) is 19.7 Å². The van der Waals surface area contributed by atoms with Crippen LogP contribution in [-0.2, 0) is 11.3 Å². The normalized spacial score (nSPS) is 10.5. The van der Waals surface area contributed by atoms with E-state index in [4.69, 9.17) is 0 Å². The second kappa shape index (κ2) is 5.65. The van der Waals surface area contributed by atoms with Gasteiger partial charge in [0, 0.05) is 24.3 Å². The number of benzene rings is 1. The van der Waals surface area contributed by atoms with Crippen LogP contribution in [-0.4, -0.2) is 15.5 Å². The molecule has 4 nitrogen and oxygen atoms in total. The van der Waals surface area contributed by atoms with E-state index in [9.17, 15) is 9.18 Å². The van der Waals surface area contributed by atoms with Crippen LogP contribution in [0.3, 0.4) is 0 Å². The molecule has 1 amide bonds. The predicted octanol–water partition coefficient (Wildman–Crippen LogP) is 2.67. The van der Waals surface area contributed by atoms with Gasteiger partial charge in [-0.3, -0.25) is 4.79 Å². The first-order valence-electron chi connectivity index (χ1n) is 6.10. The largest absolute Gasteiger partial charge is 0.334 e. The van der Waals surface area contributed by atoms with Crippen molar-refractivity contribution in [1.82, 2.24) is 9.55 Å². The molecule has 0 atom stereocenters. The van der Waals surface area contributed by atoms with E-state index < -0.39 is 0 Å². The topological polar surface area (TPSA) is 46.9 Å². The van der Waals surface area contributed by atoms with Gasteiger partial charge in [-0.15, -0.1) is 0 Å². The number of nitrogens with zero attached hydrogens (tertiary/aromatic N) is 2. The zero-order chi connectivity index (χ0) is 13.8. The number of hydrogen-bond donors (Lipinski definition) is 1. The number of rotatable bonds is 4. The number of aromatic nitrogens is 2. The first kappa shape index (κ1) is 13.3. The molecule has 0 saturated heterocycles. The fraction of sp³-hybridized carbons (Fsp3) is 0.286. The lowest BCUT2D eigenvalue weighted by Gasteiger charge is -2.07. The highest BCUT2D eigenvalue weighted by molar-refractivity contribution is 5.90. The summed E-state index contributed by atoms with van der Waals surface area (Å²) in [6.07, 6.45) is 2.09. The number of carbonyl (C=O) groups excluding carboxylic acids is 1. The molecule has 1 aromatic heterocycles. The molecule has 0 unspecified atom stereocenters. The van der Waals surface area contributed by atoms with E-state index in [1.807, 2.05) is 18.4 Å². The highest BCUT2D eigenvalue weighted by Crippen LogP contribution is 2.09. The highest BCUT2D eigenvalue weighted by atomic mass is 19.1. The van der Waals surface area contributed by atoms with E-state index in [0.29, 0.717) is 18.7 Å². The molecule has 0 radical (unpaired) electrons. The lowest BCUT2D eigenvalue weighted by molar-refractivity contribution is -0.116. The van der Waals surface area contributed by atoms with Crippen molar-refractivity contribution < 1.29 is 9.18 Å². The van der Waals surface area contributed by atoms with Crippen LogP contribution in [0.4, 0.5) is 10.1 Å². The molecule has 2 rings (SSSR count). The van der Waals surface area contributed by atoms with Crippen LogP contribution in [0.2, 0.25) is 0 Å². The Balaban J connectivity index is 1.88. The van der Waals surface area contributed by atoms with Crippen molar-refractivity contribution in [3.63, 3.8) is 0 Å². The van der Waals surface area contributed by atoms with Gasteiger partial charge >= 0.3 is 0 Å². The minimum Gasteiger partial charge on any atom is -0.334 e. The van der Waals surface area contributed by atoms with Crippen molar-refractivity contribution in [3.05, 3.63) is 47.8 Å². The fourth-order valence-corrected chi connectivity index (χ4v) is 1.75. The Morgan fingerprint density at radius 1 is 1.32 bits per heavy atom. The number of anilines is 1. The summed E-state index contributed by atoms with van der Waals surface area (Å²) in [5, 5.41) is 2.73. The number of aryl methyl sites for hydroxylation is 2. The summed E-state index contributed by atoms with van der Waals surface area (Å²) < 4.78 is 14.7. The molecule has 0 bridgehead atoms. The van der Waals surface area contributed by atoms with Crippen LogP contribution in [0.5, 0.6) is 0 Å². The SMILES string of the molecule is Cc1ncn(CCC(=O)Nc2ccc(F)cc2)c1C. The van der Waals surface area contributed by atoms with E-state index in [-0.39, 0.29) is 11.7 Å². The Labute approximate surface area is 111 Å². The van der Waals surface area contributed by atoms with E-state index >= 15 is 0 Å². The zero-order valence-corrected chi connectivity index (χ0v) is 11.0. The van der Waals surface area contributed by atoms with E-state index in [0.717, 1.165) is 11.4 Å². The molecule has 100 valence electrons. The summed E-state index contributed by atoms with van der Waals surface area (Å²) in [6, 6.07) is 5.72. The lowest BCUT2D eigenvalue weighted by Crippen LogP contribution is -2.14. The minimum absolute atomic E-state index is 0.0997. The molecule has 0 saturated carbocycles. The summed E-state index contributed by atoms with van der Waals surface area (Å²) in [7, 11) is 0.